The second-order valence-electron chi connectivity index (χ2n) is 10.7. The van der Waals surface area contributed by atoms with Gasteiger partial charge in [0, 0.05) is 6.42 Å². The first kappa shape index (κ1) is 35.3. The van der Waals surface area contributed by atoms with Gasteiger partial charge in [-0.2, -0.15) is 21.6 Å². The molecule has 0 saturated heterocycles. The molecule has 0 aromatic heterocycles. The molecular weight excluding hydrogens is 603 g/mol. The average molecular weight is 646 g/mol. The van der Waals surface area contributed by atoms with Crippen molar-refractivity contribution in [1.29, 1.82) is 0 Å². The molecule has 0 aliphatic carbocycles. The summed E-state index contributed by atoms with van der Waals surface area (Å²) in [6.07, 6.45) is 9.05. The standard InChI is InChI=1S/C31H42F3NO8S/c1-2-3-4-5-6-7-8-13-19-30(43-22-29(36)35-44(37,38)31(32,33)34)23-41-27-17-11-9-15-25(27)39-20-14-21-40-26-16-10-12-18-28(26)42-24-30/h9-12,15-18H,2-8,13-14,19-24H2,1H3,(H,35,36). The van der Waals surface area contributed by atoms with Crippen molar-refractivity contribution >= 4 is 15.9 Å². The van der Waals surface area contributed by atoms with Crippen LogP contribution in [0.15, 0.2) is 48.5 Å². The quantitative estimate of drug-likeness (QED) is 0.244. The van der Waals surface area contributed by atoms with E-state index in [2.05, 4.69) is 6.92 Å². The summed E-state index contributed by atoms with van der Waals surface area (Å²) in [5.41, 5.74) is -7.01. The SMILES string of the molecule is CCCCCCCCCCC1(OCC(=O)NS(=O)(=O)C(F)(F)F)COc2ccccc2OCCCOc2ccccc2OC1. The number of hydrogen-bond donors (Lipinski definition) is 1. The molecule has 1 aliphatic rings. The van der Waals surface area contributed by atoms with Gasteiger partial charge in [0.15, 0.2) is 23.0 Å². The third-order valence-corrected chi connectivity index (χ3v) is 8.14. The highest BCUT2D eigenvalue weighted by atomic mass is 32.2. The molecule has 0 radical (unpaired) electrons. The van der Waals surface area contributed by atoms with E-state index in [4.69, 9.17) is 23.7 Å². The lowest BCUT2D eigenvalue weighted by atomic mass is 9.96. The number of nitrogens with one attached hydrogen (secondary N) is 1. The van der Waals surface area contributed by atoms with Crippen LogP contribution in [0.4, 0.5) is 13.2 Å². The molecule has 246 valence electrons. The molecule has 1 N–H and O–H groups in total. The van der Waals surface area contributed by atoms with Gasteiger partial charge < -0.3 is 23.7 Å². The van der Waals surface area contributed by atoms with Crippen LogP contribution in [0, 0.1) is 0 Å². The summed E-state index contributed by atoms with van der Waals surface area (Å²) in [5.74, 6) is 0.281. The smallest absolute Gasteiger partial charge is 0.490 e. The van der Waals surface area contributed by atoms with Crippen LogP contribution >= 0.6 is 0 Å². The first-order valence-electron chi connectivity index (χ1n) is 15.0. The van der Waals surface area contributed by atoms with E-state index in [1.165, 1.54) is 12.8 Å². The number of unbranched alkanes of at least 4 members (excludes halogenated alkanes) is 7. The van der Waals surface area contributed by atoms with Crippen molar-refractivity contribution < 1.29 is 50.1 Å². The zero-order valence-electron chi connectivity index (χ0n) is 25.0. The van der Waals surface area contributed by atoms with E-state index in [0.717, 1.165) is 36.8 Å². The molecule has 0 atom stereocenters. The fourth-order valence-corrected chi connectivity index (χ4v) is 5.07. The second-order valence-corrected chi connectivity index (χ2v) is 12.4. The maximum Gasteiger partial charge on any atom is 0.516 e. The summed E-state index contributed by atoms with van der Waals surface area (Å²) in [5, 5.41) is 0. The Morgan fingerprint density at radius 2 is 1.25 bits per heavy atom. The number of carbonyl (C=O) groups is 1. The lowest BCUT2D eigenvalue weighted by Gasteiger charge is -2.34. The van der Waals surface area contributed by atoms with Crippen LogP contribution in [-0.4, -0.2) is 58.5 Å². The van der Waals surface area contributed by atoms with E-state index in [1.54, 1.807) is 48.5 Å². The fraction of sp³-hybridized carbons (Fsp3) is 0.581. The Balaban J connectivity index is 1.85. The van der Waals surface area contributed by atoms with Crippen LogP contribution in [0.2, 0.25) is 0 Å². The van der Waals surface area contributed by atoms with Gasteiger partial charge in [-0.25, -0.2) is 4.72 Å². The molecule has 2 aromatic rings. The first-order valence-corrected chi connectivity index (χ1v) is 16.5. The Morgan fingerprint density at radius 3 is 1.73 bits per heavy atom. The zero-order valence-corrected chi connectivity index (χ0v) is 25.9. The number of alkyl halides is 3. The Labute approximate surface area is 257 Å². The van der Waals surface area contributed by atoms with E-state index < -0.39 is 33.6 Å². The van der Waals surface area contributed by atoms with Crippen LogP contribution in [0.5, 0.6) is 23.0 Å². The van der Waals surface area contributed by atoms with Crippen LogP contribution < -0.4 is 23.7 Å². The van der Waals surface area contributed by atoms with Crippen LogP contribution in [0.25, 0.3) is 0 Å². The predicted molar refractivity (Wildman–Crippen MR) is 159 cm³/mol. The van der Waals surface area contributed by atoms with Gasteiger partial charge in [-0.1, -0.05) is 82.6 Å². The number of fused-ring (bicyclic) bond motifs is 2. The minimum Gasteiger partial charge on any atom is -0.490 e. The third-order valence-electron chi connectivity index (χ3n) is 7.03. The number of carbonyl (C=O) groups excluding carboxylic acids is 1. The normalized spacial score (nSPS) is 15.6. The van der Waals surface area contributed by atoms with Gasteiger partial charge in [0.05, 0.1) is 13.2 Å². The molecular formula is C31H42F3NO8S. The van der Waals surface area contributed by atoms with Crippen molar-refractivity contribution in [3.8, 4) is 23.0 Å². The number of halogens is 3. The van der Waals surface area contributed by atoms with Gasteiger partial charge in [-0.15, -0.1) is 0 Å². The topological polar surface area (TPSA) is 109 Å². The molecule has 1 aliphatic heterocycles. The van der Waals surface area contributed by atoms with Crippen LogP contribution in [-0.2, 0) is 19.6 Å². The van der Waals surface area contributed by atoms with E-state index in [1.807, 2.05) is 0 Å². The average Bonchev–Trinajstić information content (AvgIpc) is 2.98. The van der Waals surface area contributed by atoms with E-state index in [0.29, 0.717) is 55.5 Å². The summed E-state index contributed by atoms with van der Waals surface area (Å²) < 4.78 is 92.9. The number of benzene rings is 2. The maximum absolute atomic E-state index is 12.9. The molecule has 0 bridgehead atoms. The van der Waals surface area contributed by atoms with Gasteiger partial charge in [-0.05, 0) is 30.7 Å². The van der Waals surface area contributed by atoms with Crippen molar-refractivity contribution in [2.45, 2.75) is 82.2 Å². The molecule has 3 rings (SSSR count). The number of hydrogen-bond acceptors (Lipinski definition) is 8. The summed E-state index contributed by atoms with van der Waals surface area (Å²) in [6, 6.07) is 14.0. The Kier molecular flexibility index (Phi) is 13.9. The molecule has 0 saturated carbocycles. The van der Waals surface area contributed by atoms with Crippen molar-refractivity contribution in [2.24, 2.45) is 0 Å². The number of sulfonamides is 1. The van der Waals surface area contributed by atoms with Gasteiger partial charge in [-0.3, -0.25) is 4.79 Å². The zero-order chi connectivity index (χ0) is 31.9. The van der Waals surface area contributed by atoms with Gasteiger partial charge >= 0.3 is 15.5 Å². The van der Waals surface area contributed by atoms with Crippen molar-refractivity contribution in [2.75, 3.05) is 33.0 Å². The molecule has 0 fully saturated rings. The van der Waals surface area contributed by atoms with Gasteiger partial charge in [0.25, 0.3) is 5.91 Å². The monoisotopic (exact) mass is 645 g/mol. The Morgan fingerprint density at radius 1 is 0.795 bits per heavy atom. The lowest BCUT2D eigenvalue weighted by molar-refractivity contribution is -0.140. The molecule has 1 heterocycles. The van der Waals surface area contributed by atoms with E-state index in [9.17, 15) is 26.4 Å². The first-order chi connectivity index (χ1) is 21.1. The minimum absolute atomic E-state index is 0.161. The molecule has 44 heavy (non-hydrogen) atoms. The summed E-state index contributed by atoms with van der Waals surface area (Å²) in [4.78, 5) is 12.4. The van der Waals surface area contributed by atoms with E-state index >= 15 is 0 Å². The van der Waals surface area contributed by atoms with Crippen molar-refractivity contribution in [3.63, 3.8) is 0 Å². The molecule has 0 unspecified atom stereocenters. The maximum atomic E-state index is 12.9. The van der Waals surface area contributed by atoms with Crippen LogP contribution in [0.1, 0.15) is 71.1 Å². The highest BCUT2D eigenvalue weighted by Gasteiger charge is 2.47. The molecule has 13 heteroatoms. The predicted octanol–water partition coefficient (Wildman–Crippen LogP) is 6.56. The Bertz CT molecular complexity index is 1220. The highest BCUT2D eigenvalue weighted by molar-refractivity contribution is 7.90. The molecule has 1 amide bonds. The van der Waals surface area contributed by atoms with Gasteiger partial charge in [0.2, 0.25) is 0 Å². The largest absolute Gasteiger partial charge is 0.516 e. The van der Waals surface area contributed by atoms with E-state index in [-0.39, 0.29) is 13.2 Å². The summed E-state index contributed by atoms with van der Waals surface area (Å²) in [7, 11) is -5.90. The lowest BCUT2D eigenvalue weighted by Crippen LogP contribution is -2.48. The third kappa shape index (κ3) is 11.4. The molecule has 2 aromatic carbocycles. The highest BCUT2D eigenvalue weighted by Crippen LogP contribution is 2.33. The minimum atomic E-state index is -5.90. The summed E-state index contributed by atoms with van der Waals surface area (Å²) >= 11 is 0. The Hall–Kier alpha value is -3.19. The summed E-state index contributed by atoms with van der Waals surface area (Å²) in [6.45, 7) is 1.55. The molecule has 0 spiro atoms. The molecule has 9 nitrogen and oxygen atoms in total. The second kappa shape index (κ2) is 17.3. The number of rotatable bonds is 13. The van der Waals surface area contributed by atoms with Crippen molar-refractivity contribution in [3.05, 3.63) is 48.5 Å². The number of amides is 1. The number of ether oxygens (including phenoxy) is 5. The number of para-hydroxylation sites is 4. The van der Waals surface area contributed by atoms with Gasteiger partial charge in [0.1, 0.15) is 25.4 Å². The fourth-order valence-electron chi connectivity index (χ4n) is 4.60. The van der Waals surface area contributed by atoms with Crippen molar-refractivity contribution in [1.82, 2.24) is 4.72 Å². The van der Waals surface area contributed by atoms with Crippen LogP contribution in [0.3, 0.4) is 0 Å².